The Bertz CT molecular complexity index is 433. The van der Waals surface area contributed by atoms with E-state index in [0.29, 0.717) is 17.0 Å². The minimum Gasteiger partial charge on any atom is -0.464 e. The first-order valence-electron chi connectivity index (χ1n) is 7.49. The highest BCUT2D eigenvalue weighted by Crippen LogP contribution is 2.24. The zero-order chi connectivity index (χ0) is 13.1. The third-order valence-electron chi connectivity index (χ3n) is 4.07. The molecule has 2 aliphatic carbocycles. The normalized spacial score (nSPS) is 22.5. The lowest BCUT2D eigenvalue weighted by molar-refractivity contribution is 0.455. The van der Waals surface area contributed by atoms with Gasteiger partial charge < -0.3 is 9.73 Å². The van der Waals surface area contributed by atoms with Crippen LogP contribution >= 0.6 is 0 Å². The van der Waals surface area contributed by atoms with Crippen LogP contribution in [0.5, 0.6) is 0 Å². The van der Waals surface area contributed by atoms with Crippen LogP contribution in [-0.4, -0.2) is 15.5 Å². The molecule has 0 bridgehead atoms. The van der Waals surface area contributed by atoms with E-state index in [9.17, 15) is 4.21 Å². The van der Waals surface area contributed by atoms with Gasteiger partial charge in [-0.05, 0) is 37.8 Å². The Morgan fingerprint density at radius 3 is 2.58 bits per heavy atom. The highest BCUT2D eigenvalue weighted by atomic mass is 32.2. The first kappa shape index (κ1) is 13.4. The second-order valence-electron chi connectivity index (χ2n) is 5.81. The summed E-state index contributed by atoms with van der Waals surface area (Å²) in [7, 11) is -0.759. The van der Waals surface area contributed by atoms with Crippen molar-refractivity contribution in [2.24, 2.45) is 0 Å². The molecular weight excluding hydrogens is 258 g/mol. The van der Waals surface area contributed by atoms with E-state index in [0.717, 1.165) is 30.9 Å². The maximum Gasteiger partial charge on any atom is 0.118 e. The lowest BCUT2D eigenvalue weighted by Gasteiger charge is -2.20. The molecule has 2 aliphatic rings. The van der Waals surface area contributed by atoms with E-state index in [1.54, 1.807) is 0 Å². The van der Waals surface area contributed by atoms with Gasteiger partial charge in [-0.2, -0.15) is 0 Å². The Balaban J connectivity index is 1.49. The van der Waals surface area contributed by atoms with Crippen molar-refractivity contribution in [3.8, 4) is 0 Å². The summed E-state index contributed by atoms with van der Waals surface area (Å²) in [5.41, 5.74) is 0. The molecule has 0 aliphatic heterocycles. The van der Waals surface area contributed by atoms with Gasteiger partial charge in [-0.3, -0.25) is 4.21 Å². The number of nitrogens with one attached hydrogen (secondary N) is 1. The van der Waals surface area contributed by atoms with Gasteiger partial charge in [0.15, 0.2) is 0 Å². The second kappa shape index (κ2) is 6.23. The van der Waals surface area contributed by atoms with Crippen LogP contribution in [0.15, 0.2) is 16.5 Å². The highest BCUT2D eigenvalue weighted by molar-refractivity contribution is 7.84. The van der Waals surface area contributed by atoms with Gasteiger partial charge in [-0.15, -0.1) is 0 Å². The molecule has 3 nitrogen and oxygen atoms in total. The molecule has 2 fully saturated rings. The molecule has 0 spiro atoms. The van der Waals surface area contributed by atoms with Gasteiger partial charge in [-0.25, -0.2) is 0 Å². The van der Waals surface area contributed by atoms with Crippen molar-refractivity contribution >= 4 is 10.8 Å². The topological polar surface area (TPSA) is 42.2 Å². The lowest BCUT2D eigenvalue weighted by Crippen LogP contribution is -2.19. The Labute approximate surface area is 117 Å². The molecule has 2 saturated carbocycles. The van der Waals surface area contributed by atoms with E-state index in [2.05, 4.69) is 5.32 Å². The highest BCUT2D eigenvalue weighted by Gasteiger charge is 2.22. The molecule has 0 radical (unpaired) electrons. The van der Waals surface area contributed by atoms with Crippen LogP contribution in [0.1, 0.15) is 56.5 Å². The Hall–Kier alpha value is -0.610. The van der Waals surface area contributed by atoms with Gasteiger partial charge in [0.05, 0.1) is 12.3 Å². The van der Waals surface area contributed by atoms with Crippen LogP contribution in [0.4, 0.5) is 0 Å². The van der Waals surface area contributed by atoms with Crippen molar-refractivity contribution in [2.45, 2.75) is 68.5 Å². The van der Waals surface area contributed by atoms with Crippen molar-refractivity contribution in [3.05, 3.63) is 23.7 Å². The molecule has 1 atom stereocenters. The van der Waals surface area contributed by atoms with Crippen LogP contribution in [-0.2, 0) is 23.1 Å². The van der Waals surface area contributed by atoms with Crippen LogP contribution in [0, 0.1) is 0 Å². The fraction of sp³-hybridized carbons (Fsp3) is 0.733. The van der Waals surface area contributed by atoms with Crippen molar-refractivity contribution in [2.75, 3.05) is 0 Å². The van der Waals surface area contributed by atoms with Crippen molar-refractivity contribution < 1.29 is 8.63 Å². The maximum atomic E-state index is 12.3. The third kappa shape index (κ3) is 3.93. The summed E-state index contributed by atoms with van der Waals surface area (Å²) < 4.78 is 18.1. The minimum absolute atomic E-state index is 0.395. The third-order valence-corrected chi connectivity index (χ3v) is 5.85. The average molecular weight is 281 g/mol. The molecule has 4 heteroatoms. The largest absolute Gasteiger partial charge is 0.464 e. The number of furan rings is 1. The summed E-state index contributed by atoms with van der Waals surface area (Å²) in [4.78, 5) is 0. The molecule has 1 aromatic heterocycles. The van der Waals surface area contributed by atoms with E-state index < -0.39 is 10.8 Å². The molecule has 1 aromatic rings. The van der Waals surface area contributed by atoms with Crippen molar-refractivity contribution in [1.29, 1.82) is 0 Å². The average Bonchev–Trinajstić information content (AvgIpc) is 3.17. The fourth-order valence-corrected chi connectivity index (χ4v) is 4.24. The first-order chi connectivity index (χ1) is 9.31. The smallest absolute Gasteiger partial charge is 0.118 e. The Kier molecular flexibility index (Phi) is 4.38. The molecule has 106 valence electrons. The van der Waals surface area contributed by atoms with Crippen LogP contribution in [0.25, 0.3) is 0 Å². The van der Waals surface area contributed by atoms with E-state index in [4.69, 9.17) is 4.42 Å². The maximum absolute atomic E-state index is 12.3. The van der Waals surface area contributed by atoms with Crippen molar-refractivity contribution in [3.63, 3.8) is 0 Å². The molecule has 0 saturated heterocycles. The van der Waals surface area contributed by atoms with Gasteiger partial charge in [0, 0.05) is 22.1 Å². The van der Waals surface area contributed by atoms with Crippen LogP contribution in [0.2, 0.25) is 0 Å². The summed E-state index contributed by atoms with van der Waals surface area (Å²) in [6.07, 6.45) is 8.63. The molecule has 0 aromatic carbocycles. The quantitative estimate of drug-likeness (QED) is 0.871. The lowest BCUT2D eigenvalue weighted by atomic mass is 10.0. The molecule has 0 amide bonds. The zero-order valence-corrected chi connectivity index (χ0v) is 12.2. The Morgan fingerprint density at radius 1 is 1.11 bits per heavy atom. The number of hydrogen-bond donors (Lipinski definition) is 1. The SMILES string of the molecule is O=S(Cc1ccc(CNC2CC2)o1)C1CCCCC1. The predicted molar refractivity (Wildman–Crippen MR) is 77.3 cm³/mol. The minimum atomic E-state index is -0.759. The van der Waals surface area contributed by atoms with E-state index >= 15 is 0 Å². The van der Waals surface area contributed by atoms with Crippen LogP contribution in [0.3, 0.4) is 0 Å². The molecule has 19 heavy (non-hydrogen) atoms. The van der Waals surface area contributed by atoms with Gasteiger partial charge in [0.1, 0.15) is 11.5 Å². The molecule has 1 heterocycles. The van der Waals surface area contributed by atoms with Crippen LogP contribution < -0.4 is 5.32 Å². The fourth-order valence-electron chi connectivity index (χ4n) is 2.71. The van der Waals surface area contributed by atoms with Gasteiger partial charge in [0.2, 0.25) is 0 Å². The number of hydrogen-bond acceptors (Lipinski definition) is 3. The zero-order valence-electron chi connectivity index (χ0n) is 11.4. The number of rotatable bonds is 6. The van der Waals surface area contributed by atoms with E-state index in [1.165, 1.54) is 32.1 Å². The molecule has 1 unspecified atom stereocenters. The summed E-state index contributed by atoms with van der Waals surface area (Å²) >= 11 is 0. The monoisotopic (exact) mass is 281 g/mol. The molecule has 3 rings (SSSR count). The second-order valence-corrected chi connectivity index (χ2v) is 7.53. The van der Waals surface area contributed by atoms with E-state index in [-0.39, 0.29) is 0 Å². The molecule has 1 N–H and O–H groups in total. The molecular formula is C15H23NO2S. The van der Waals surface area contributed by atoms with E-state index in [1.807, 2.05) is 12.1 Å². The summed E-state index contributed by atoms with van der Waals surface area (Å²) in [6, 6.07) is 4.71. The van der Waals surface area contributed by atoms with Gasteiger partial charge in [-0.1, -0.05) is 19.3 Å². The summed E-state index contributed by atoms with van der Waals surface area (Å²) in [5, 5.41) is 3.83. The predicted octanol–water partition coefficient (Wildman–Crippen LogP) is 3.11. The first-order valence-corrected chi connectivity index (χ1v) is 8.87. The summed E-state index contributed by atoms with van der Waals surface area (Å²) in [6.45, 7) is 0.806. The van der Waals surface area contributed by atoms with Gasteiger partial charge in [0.25, 0.3) is 0 Å². The van der Waals surface area contributed by atoms with Crippen molar-refractivity contribution in [1.82, 2.24) is 5.32 Å². The summed E-state index contributed by atoms with van der Waals surface area (Å²) in [5.74, 6) is 2.45. The standard InChI is InChI=1S/C15H23NO2S/c17-19(15-4-2-1-3-5-15)11-14-9-8-13(18-14)10-16-12-6-7-12/h8-9,12,15-16H,1-7,10-11H2. The Morgan fingerprint density at radius 2 is 1.84 bits per heavy atom. The van der Waals surface area contributed by atoms with Gasteiger partial charge >= 0.3 is 0 Å².